The van der Waals surface area contributed by atoms with E-state index in [9.17, 15) is 0 Å². The van der Waals surface area contributed by atoms with Gasteiger partial charge in [0.2, 0.25) is 5.13 Å². The van der Waals surface area contributed by atoms with E-state index in [2.05, 4.69) is 25.5 Å². The number of nitrogens with one attached hydrogen (secondary N) is 1. The number of hydrogen-bond acceptors (Lipinski definition) is 8. The van der Waals surface area contributed by atoms with Crippen LogP contribution in [0.2, 0.25) is 0 Å². The molecular weight excluding hydrogens is 318 g/mol. The summed E-state index contributed by atoms with van der Waals surface area (Å²) < 4.78 is 5.95. The minimum absolute atomic E-state index is 0.667. The number of ether oxygens (including phenoxy) is 1. The van der Waals surface area contributed by atoms with Gasteiger partial charge in [-0.25, -0.2) is 9.97 Å². The van der Waals surface area contributed by atoms with Crippen LogP contribution in [-0.4, -0.2) is 27.3 Å². The number of methoxy groups -OCH3 is 1. The Morgan fingerprint density at radius 3 is 2.64 bits per heavy atom. The lowest BCUT2D eigenvalue weighted by Crippen LogP contribution is -1.98. The van der Waals surface area contributed by atoms with Crippen molar-refractivity contribution in [1.29, 1.82) is 0 Å². The predicted octanol–water partition coefficient (Wildman–Crippen LogP) is 3.10. The topological polar surface area (TPSA) is 72.8 Å². The highest BCUT2D eigenvalue weighted by atomic mass is 32.2. The summed E-state index contributed by atoms with van der Waals surface area (Å²) in [6.07, 6.45) is 3.42. The van der Waals surface area contributed by atoms with Crippen LogP contribution in [-0.2, 0) is 6.54 Å². The Bertz CT molecular complexity index is 718. The van der Waals surface area contributed by atoms with Gasteiger partial charge < -0.3 is 10.1 Å². The van der Waals surface area contributed by atoms with Crippen molar-refractivity contribution < 1.29 is 4.74 Å². The van der Waals surface area contributed by atoms with Gasteiger partial charge in [-0.1, -0.05) is 23.5 Å². The Kier molecular flexibility index (Phi) is 4.81. The molecular formula is C14H13N5OS2. The highest BCUT2D eigenvalue weighted by Crippen LogP contribution is 2.29. The second-order valence-corrected chi connectivity index (χ2v) is 6.40. The molecule has 0 aliphatic carbocycles. The van der Waals surface area contributed by atoms with Crippen LogP contribution in [0, 0.1) is 0 Å². The molecule has 0 spiro atoms. The predicted molar refractivity (Wildman–Crippen MR) is 86.4 cm³/mol. The molecule has 8 heteroatoms. The molecule has 0 aliphatic heterocycles. The summed E-state index contributed by atoms with van der Waals surface area (Å²) in [5.74, 6) is 0.848. The first-order chi connectivity index (χ1) is 10.8. The smallest absolute Gasteiger partial charge is 0.206 e. The van der Waals surface area contributed by atoms with E-state index in [1.165, 1.54) is 23.1 Å². The molecule has 22 heavy (non-hydrogen) atoms. The van der Waals surface area contributed by atoms with E-state index in [0.717, 1.165) is 20.8 Å². The first kappa shape index (κ1) is 14.7. The molecule has 0 saturated carbocycles. The number of hydrogen-bond donors (Lipinski definition) is 1. The van der Waals surface area contributed by atoms with E-state index in [4.69, 9.17) is 4.74 Å². The molecule has 0 saturated heterocycles. The maximum absolute atomic E-state index is 5.14. The van der Waals surface area contributed by atoms with E-state index in [1.54, 1.807) is 25.6 Å². The molecule has 3 rings (SSSR count). The molecule has 2 aromatic heterocycles. The van der Waals surface area contributed by atoms with Crippen LogP contribution in [0.1, 0.15) is 5.56 Å². The van der Waals surface area contributed by atoms with Gasteiger partial charge in [0, 0.05) is 18.9 Å². The summed E-state index contributed by atoms with van der Waals surface area (Å²) in [4.78, 5) is 8.30. The zero-order chi connectivity index (χ0) is 15.2. The molecule has 2 heterocycles. The first-order valence-electron chi connectivity index (χ1n) is 6.48. The van der Waals surface area contributed by atoms with E-state index in [0.29, 0.717) is 11.7 Å². The van der Waals surface area contributed by atoms with Crippen molar-refractivity contribution in [3.05, 3.63) is 48.3 Å². The summed E-state index contributed by atoms with van der Waals surface area (Å²) in [6.45, 7) is 0.686. The van der Waals surface area contributed by atoms with Crippen LogP contribution in [0.3, 0.4) is 0 Å². The van der Waals surface area contributed by atoms with Crippen molar-refractivity contribution >= 4 is 28.2 Å². The van der Waals surface area contributed by atoms with Crippen molar-refractivity contribution in [2.45, 2.75) is 16.0 Å². The monoisotopic (exact) mass is 331 g/mol. The van der Waals surface area contributed by atoms with Crippen molar-refractivity contribution in [1.82, 2.24) is 20.2 Å². The van der Waals surface area contributed by atoms with Gasteiger partial charge in [-0.05, 0) is 35.5 Å². The van der Waals surface area contributed by atoms with E-state index < -0.39 is 0 Å². The van der Waals surface area contributed by atoms with Crippen molar-refractivity contribution in [2.24, 2.45) is 0 Å². The van der Waals surface area contributed by atoms with Gasteiger partial charge in [-0.2, -0.15) is 0 Å². The SMILES string of the molecule is COc1ccc(CNc2nnc(Sc3ncccn3)s2)cc1. The minimum Gasteiger partial charge on any atom is -0.497 e. The lowest BCUT2D eigenvalue weighted by Gasteiger charge is -2.03. The molecule has 0 aliphatic rings. The van der Waals surface area contributed by atoms with Crippen LogP contribution in [0.25, 0.3) is 0 Å². The Morgan fingerprint density at radius 1 is 1.14 bits per heavy atom. The van der Waals surface area contributed by atoms with Gasteiger partial charge >= 0.3 is 0 Å². The molecule has 3 aromatic rings. The molecule has 112 valence electrons. The van der Waals surface area contributed by atoms with Crippen molar-refractivity contribution in [2.75, 3.05) is 12.4 Å². The zero-order valence-electron chi connectivity index (χ0n) is 11.8. The molecule has 0 fully saturated rings. The maximum atomic E-state index is 5.14. The van der Waals surface area contributed by atoms with Gasteiger partial charge in [0.25, 0.3) is 0 Å². The van der Waals surface area contributed by atoms with Crippen LogP contribution >= 0.6 is 23.1 Å². The lowest BCUT2D eigenvalue weighted by atomic mass is 10.2. The normalized spacial score (nSPS) is 10.4. The maximum Gasteiger partial charge on any atom is 0.206 e. The fraction of sp³-hybridized carbons (Fsp3) is 0.143. The van der Waals surface area contributed by atoms with Gasteiger partial charge in [0.05, 0.1) is 7.11 Å². The third-order valence-corrected chi connectivity index (χ3v) is 4.56. The Hall–Kier alpha value is -2.19. The molecule has 1 N–H and O–H groups in total. The standard InChI is InChI=1S/C14H13N5OS2/c1-20-11-5-3-10(4-6-11)9-17-13-18-19-14(22-13)21-12-15-7-2-8-16-12/h2-8H,9H2,1H3,(H,17,18). The third kappa shape index (κ3) is 3.92. The van der Waals surface area contributed by atoms with Crippen LogP contribution in [0.5, 0.6) is 5.75 Å². The number of anilines is 1. The van der Waals surface area contributed by atoms with Gasteiger partial charge in [-0.3, -0.25) is 0 Å². The number of rotatable bonds is 6. The molecule has 0 bridgehead atoms. The molecule has 0 atom stereocenters. The van der Waals surface area contributed by atoms with Crippen LogP contribution in [0.15, 0.2) is 52.2 Å². The minimum atomic E-state index is 0.667. The average molecular weight is 331 g/mol. The van der Waals surface area contributed by atoms with Gasteiger partial charge in [0.15, 0.2) is 9.50 Å². The molecule has 6 nitrogen and oxygen atoms in total. The van der Waals surface area contributed by atoms with E-state index in [-0.39, 0.29) is 0 Å². The van der Waals surface area contributed by atoms with Crippen LogP contribution in [0.4, 0.5) is 5.13 Å². The molecule has 0 radical (unpaired) electrons. The summed E-state index contributed by atoms with van der Waals surface area (Å²) >= 11 is 2.88. The average Bonchev–Trinajstić information content (AvgIpc) is 3.02. The fourth-order valence-electron chi connectivity index (χ4n) is 1.66. The third-order valence-electron chi connectivity index (χ3n) is 2.73. The highest BCUT2D eigenvalue weighted by Gasteiger charge is 2.07. The van der Waals surface area contributed by atoms with Crippen molar-refractivity contribution in [3.8, 4) is 5.75 Å². The Balaban J connectivity index is 1.57. The number of aromatic nitrogens is 4. The number of benzene rings is 1. The summed E-state index contributed by atoms with van der Waals surface area (Å²) in [7, 11) is 1.66. The van der Waals surface area contributed by atoms with Gasteiger partial charge in [-0.15, -0.1) is 10.2 Å². The summed E-state index contributed by atoms with van der Waals surface area (Å²) in [5.41, 5.74) is 1.15. The Labute approximate surface area is 136 Å². The fourth-order valence-corrected chi connectivity index (χ4v) is 3.22. The largest absolute Gasteiger partial charge is 0.497 e. The van der Waals surface area contributed by atoms with E-state index in [1.807, 2.05) is 24.3 Å². The molecule has 0 unspecified atom stereocenters. The van der Waals surface area contributed by atoms with Crippen LogP contribution < -0.4 is 10.1 Å². The molecule has 0 amide bonds. The number of nitrogens with zero attached hydrogens (tertiary/aromatic N) is 4. The summed E-state index contributed by atoms with van der Waals surface area (Å²) in [6, 6.07) is 9.68. The lowest BCUT2D eigenvalue weighted by molar-refractivity contribution is 0.414. The van der Waals surface area contributed by atoms with Gasteiger partial charge in [0.1, 0.15) is 5.75 Å². The molecule has 1 aromatic carbocycles. The quantitative estimate of drug-likeness (QED) is 0.696. The highest BCUT2D eigenvalue weighted by molar-refractivity contribution is 8.00. The summed E-state index contributed by atoms with van der Waals surface area (Å²) in [5, 5.41) is 12.9. The van der Waals surface area contributed by atoms with E-state index >= 15 is 0 Å². The second kappa shape index (κ2) is 7.19. The van der Waals surface area contributed by atoms with Crippen molar-refractivity contribution in [3.63, 3.8) is 0 Å². The first-order valence-corrected chi connectivity index (χ1v) is 8.12. The second-order valence-electron chi connectivity index (χ2n) is 4.21. The Morgan fingerprint density at radius 2 is 1.91 bits per heavy atom. The zero-order valence-corrected chi connectivity index (χ0v) is 13.4.